The Labute approximate surface area is 157 Å². The van der Waals surface area contributed by atoms with E-state index in [2.05, 4.69) is 5.32 Å². The van der Waals surface area contributed by atoms with Crippen molar-refractivity contribution in [3.63, 3.8) is 0 Å². The van der Waals surface area contributed by atoms with E-state index in [1.165, 1.54) is 38.1 Å². The largest absolute Gasteiger partial charge is 0.449 e. The van der Waals surface area contributed by atoms with Gasteiger partial charge in [-0.25, -0.2) is 13.2 Å². The maximum atomic E-state index is 12.3. The van der Waals surface area contributed by atoms with Crippen LogP contribution in [0.5, 0.6) is 0 Å². The van der Waals surface area contributed by atoms with Crippen LogP contribution < -0.4 is 5.32 Å². The summed E-state index contributed by atoms with van der Waals surface area (Å²) in [5.74, 6) is -1.60. The van der Waals surface area contributed by atoms with Gasteiger partial charge in [-0.1, -0.05) is 12.1 Å². The van der Waals surface area contributed by atoms with Gasteiger partial charge in [0.15, 0.2) is 21.7 Å². The Hall–Kier alpha value is -3.00. The van der Waals surface area contributed by atoms with E-state index in [0.717, 1.165) is 6.26 Å². The zero-order valence-corrected chi connectivity index (χ0v) is 15.9. The van der Waals surface area contributed by atoms with E-state index in [1.807, 2.05) is 0 Å². The molecular weight excluding hydrogens is 370 g/mol. The third-order valence-corrected chi connectivity index (χ3v) is 4.87. The molecule has 0 heterocycles. The van der Waals surface area contributed by atoms with Crippen molar-refractivity contribution < 1.29 is 27.5 Å². The van der Waals surface area contributed by atoms with Crippen LogP contribution in [0.15, 0.2) is 53.4 Å². The van der Waals surface area contributed by atoms with Crippen molar-refractivity contribution in [3.8, 4) is 0 Å². The van der Waals surface area contributed by atoms with E-state index in [-0.39, 0.29) is 16.2 Å². The Morgan fingerprint density at radius 3 is 2.15 bits per heavy atom. The molecule has 0 radical (unpaired) electrons. The fourth-order valence-electron chi connectivity index (χ4n) is 2.27. The Balaban J connectivity index is 2.08. The van der Waals surface area contributed by atoms with Gasteiger partial charge in [-0.05, 0) is 50.2 Å². The Kier molecular flexibility index (Phi) is 6.12. The lowest BCUT2D eigenvalue weighted by Crippen LogP contribution is -2.30. The fourth-order valence-corrected chi connectivity index (χ4v) is 3.14. The van der Waals surface area contributed by atoms with Crippen LogP contribution in [0.25, 0.3) is 0 Å². The molecule has 0 aromatic heterocycles. The number of sulfone groups is 1. The van der Waals surface area contributed by atoms with Gasteiger partial charge in [0, 0.05) is 17.5 Å². The SMILES string of the molecule is CC(=O)c1ccc(NC(=O)[C@@H](C)OC(=O)c2ccccc2S(C)(=O)=O)cc1. The number of amides is 1. The van der Waals surface area contributed by atoms with Crippen LogP contribution >= 0.6 is 0 Å². The van der Waals surface area contributed by atoms with Crippen molar-refractivity contribution in [1.82, 2.24) is 0 Å². The topological polar surface area (TPSA) is 107 Å². The smallest absolute Gasteiger partial charge is 0.340 e. The maximum Gasteiger partial charge on any atom is 0.340 e. The lowest BCUT2D eigenvalue weighted by molar-refractivity contribution is -0.123. The van der Waals surface area contributed by atoms with Gasteiger partial charge in [0.1, 0.15) is 0 Å². The Morgan fingerprint density at radius 1 is 1.00 bits per heavy atom. The molecule has 2 aromatic rings. The average molecular weight is 389 g/mol. The van der Waals surface area contributed by atoms with Gasteiger partial charge in [0.2, 0.25) is 0 Å². The summed E-state index contributed by atoms with van der Waals surface area (Å²) in [5.41, 5.74) is 0.805. The van der Waals surface area contributed by atoms with Crippen molar-refractivity contribution in [3.05, 3.63) is 59.7 Å². The maximum absolute atomic E-state index is 12.3. The minimum Gasteiger partial charge on any atom is -0.449 e. The lowest BCUT2D eigenvalue weighted by atomic mass is 10.1. The summed E-state index contributed by atoms with van der Waals surface area (Å²) in [7, 11) is -3.62. The summed E-state index contributed by atoms with van der Waals surface area (Å²) >= 11 is 0. The van der Waals surface area contributed by atoms with Gasteiger partial charge in [-0.15, -0.1) is 0 Å². The van der Waals surface area contributed by atoms with Crippen LogP contribution in [0.1, 0.15) is 34.6 Å². The molecule has 0 aliphatic heterocycles. The van der Waals surface area contributed by atoms with Gasteiger partial charge in [-0.3, -0.25) is 9.59 Å². The zero-order chi connectivity index (χ0) is 20.2. The van der Waals surface area contributed by atoms with Crippen molar-refractivity contribution in [1.29, 1.82) is 0 Å². The number of rotatable bonds is 6. The summed E-state index contributed by atoms with van der Waals surface area (Å²) in [5, 5.41) is 2.56. The highest BCUT2D eigenvalue weighted by atomic mass is 32.2. The number of hydrogen-bond acceptors (Lipinski definition) is 6. The number of carbonyl (C=O) groups is 3. The van der Waals surface area contributed by atoms with Gasteiger partial charge in [-0.2, -0.15) is 0 Å². The standard InChI is InChI=1S/C19H19NO6S/c1-12(21)14-8-10-15(11-9-14)20-18(22)13(2)26-19(23)16-6-4-5-7-17(16)27(3,24)25/h4-11,13H,1-3H3,(H,20,22)/t13-/m1/s1. The average Bonchev–Trinajstić information content (AvgIpc) is 2.61. The minimum atomic E-state index is -3.62. The van der Waals surface area contributed by atoms with Crippen LogP contribution in [0, 0.1) is 0 Å². The Bertz CT molecular complexity index is 980. The molecule has 0 aliphatic rings. The molecule has 0 unspecified atom stereocenters. The van der Waals surface area contributed by atoms with Crippen LogP contribution in [0.3, 0.4) is 0 Å². The molecule has 7 nitrogen and oxygen atoms in total. The summed E-state index contributed by atoms with van der Waals surface area (Å²) in [6, 6.07) is 11.9. The highest BCUT2D eigenvalue weighted by Gasteiger charge is 2.23. The van der Waals surface area contributed by atoms with Crippen molar-refractivity contribution >= 4 is 33.2 Å². The second kappa shape index (κ2) is 8.13. The predicted molar refractivity (Wildman–Crippen MR) is 99.5 cm³/mol. The number of hydrogen-bond donors (Lipinski definition) is 1. The van der Waals surface area contributed by atoms with E-state index < -0.39 is 27.8 Å². The van der Waals surface area contributed by atoms with Gasteiger partial charge >= 0.3 is 5.97 Å². The first-order valence-corrected chi connectivity index (χ1v) is 9.90. The molecular formula is C19H19NO6S. The van der Waals surface area contributed by atoms with Crippen molar-refractivity contribution in [2.45, 2.75) is 24.8 Å². The van der Waals surface area contributed by atoms with Crippen molar-refractivity contribution in [2.24, 2.45) is 0 Å². The molecule has 8 heteroatoms. The summed E-state index contributed by atoms with van der Waals surface area (Å²) < 4.78 is 28.7. The highest BCUT2D eigenvalue weighted by Crippen LogP contribution is 2.17. The number of carbonyl (C=O) groups excluding carboxylic acids is 3. The second-order valence-electron chi connectivity index (χ2n) is 5.94. The highest BCUT2D eigenvalue weighted by molar-refractivity contribution is 7.90. The van der Waals surface area contributed by atoms with Crippen LogP contribution in [-0.2, 0) is 19.4 Å². The molecule has 142 valence electrons. The summed E-state index contributed by atoms with van der Waals surface area (Å²) in [6.07, 6.45) is -0.169. The quantitative estimate of drug-likeness (QED) is 0.601. The molecule has 0 saturated heterocycles. The third-order valence-electron chi connectivity index (χ3n) is 3.72. The van der Waals surface area contributed by atoms with Gasteiger partial charge in [0.25, 0.3) is 5.91 Å². The Morgan fingerprint density at radius 2 is 1.59 bits per heavy atom. The molecule has 0 fully saturated rings. The number of nitrogens with one attached hydrogen (secondary N) is 1. The van der Waals surface area contributed by atoms with E-state index >= 15 is 0 Å². The zero-order valence-electron chi connectivity index (χ0n) is 15.1. The number of anilines is 1. The van der Waals surface area contributed by atoms with Crippen LogP contribution in [0.2, 0.25) is 0 Å². The molecule has 1 atom stereocenters. The van der Waals surface area contributed by atoms with E-state index in [4.69, 9.17) is 4.74 Å². The first kappa shape index (κ1) is 20.3. The van der Waals surface area contributed by atoms with Gasteiger partial charge < -0.3 is 10.1 Å². The normalized spacial score (nSPS) is 12.1. The van der Waals surface area contributed by atoms with E-state index in [9.17, 15) is 22.8 Å². The van der Waals surface area contributed by atoms with Crippen molar-refractivity contribution in [2.75, 3.05) is 11.6 Å². The molecule has 0 saturated carbocycles. The summed E-state index contributed by atoms with van der Waals surface area (Å²) in [4.78, 5) is 35.6. The molecule has 0 aliphatic carbocycles. The van der Waals surface area contributed by atoms with Crippen LogP contribution in [0.4, 0.5) is 5.69 Å². The number of esters is 1. The first-order valence-electron chi connectivity index (χ1n) is 8.01. The summed E-state index contributed by atoms with van der Waals surface area (Å²) in [6.45, 7) is 2.81. The number of ketones is 1. The fraction of sp³-hybridized carbons (Fsp3) is 0.211. The molecule has 2 aromatic carbocycles. The molecule has 1 amide bonds. The molecule has 0 bridgehead atoms. The predicted octanol–water partition coefficient (Wildman–Crippen LogP) is 2.48. The number of benzene rings is 2. The monoisotopic (exact) mass is 389 g/mol. The molecule has 2 rings (SSSR count). The number of ether oxygens (including phenoxy) is 1. The molecule has 0 spiro atoms. The van der Waals surface area contributed by atoms with E-state index in [1.54, 1.807) is 24.3 Å². The lowest BCUT2D eigenvalue weighted by Gasteiger charge is -2.15. The molecule has 1 N–H and O–H groups in total. The number of Topliss-reactive ketones (excluding diaryl/α,β-unsaturated/α-hetero) is 1. The molecule has 27 heavy (non-hydrogen) atoms. The van der Waals surface area contributed by atoms with Gasteiger partial charge in [0.05, 0.1) is 10.5 Å². The first-order chi connectivity index (χ1) is 12.6. The van der Waals surface area contributed by atoms with Crippen LogP contribution in [-0.4, -0.2) is 38.4 Å². The third kappa shape index (κ3) is 5.24. The minimum absolute atomic E-state index is 0.0975. The second-order valence-corrected chi connectivity index (χ2v) is 7.92. The van der Waals surface area contributed by atoms with E-state index in [0.29, 0.717) is 11.3 Å².